The van der Waals surface area contributed by atoms with Gasteiger partial charge in [-0.3, -0.25) is 9.59 Å². The van der Waals surface area contributed by atoms with Crippen LogP contribution in [0.25, 0.3) is 0 Å². The summed E-state index contributed by atoms with van der Waals surface area (Å²) >= 11 is 7.69. The van der Waals surface area contributed by atoms with E-state index < -0.39 is 6.04 Å². The van der Waals surface area contributed by atoms with Gasteiger partial charge in [0.2, 0.25) is 11.8 Å². The van der Waals surface area contributed by atoms with Gasteiger partial charge in [-0.25, -0.2) is 0 Å². The smallest absolute Gasteiger partial charge is 0.243 e. The highest BCUT2D eigenvalue weighted by Crippen LogP contribution is 2.22. The predicted molar refractivity (Wildman–Crippen MR) is 154 cm³/mol. The van der Waals surface area contributed by atoms with Crippen LogP contribution in [-0.2, 0) is 28.3 Å². The van der Waals surface area contributed by atoms with Crippen LogP contribution in [0.1, 0.15) is 47.9 Å². The average Bonchev–Trinajstić information content (AvgIpc) is 3.41. The first-order valence-corrected chi connectivity index (χ1v) is 14.5. The number of nitrogens with one attached hydrogen (secondary N) is 1. The molecule has 1 N–H and O–H groups in total. The number of thioether (sulfide) groups is 1. The summed E-state index contributed by atoms with van der Waals surface area (Å²) in [6.45, 7) is 2.45. The predicted octanol–water partition coefficient (Wildman–Crippen LogP) is 6.58. The fraction of sp³-hybridized carbons (Fsp3) is 0.355. The van der Waals surface area contributed by atoms with Gasteiger partial charge in [-0.05, 0) is 54.2 Å². The highest BCUT2D eigenvalue weighted by atomic mass is 35.5. The normalized spacial score (nSPS) is 14.3. The molecule has 1 aliphatic carbocycles. The number of hydrogen-bond acceptors (Lipinski definition) is 3. The van der Waals surface area contributed by atoms with Gasteiger partial charge >= 0.3 is 0 Å². The fourth-order valence-corrected chi connectivity index (χ4v) is 5.93. The summed E-state index contributed by atoms with van der Waals surface area (Å²) in [5, 5.41) is 3.96. The minimum Gasteiger partial charge on any atom is -0.352 e. The lowest BCUT2D eigenvalue weighted by molar-refractivity contribution is -0.139. The monoisotopic (exact) mass is 534 g/mol. The van der Waals surface area contributed by atoms with E-state index in [2.05, 4.69) is 18.3 Å². The maximum absolute atomic E-state index is 13.8. The number of halogens is 1. The fourth-order valence-electron chi connectivity index (χ4n) is 4.86. The first-order valence-electron chi connectivity index (χ1n) is 13.0. The molecule has 2 amide bonds. The van der Waals surface area contributed by atoms with Crippen LogP contribution in [-0.4, -0.2) is 34.6 Å². The van der Waals surface area contributed by atoms with Gasteiger partial charge in [0.05, 0.1) is 5.75 Å². The molecule has 1 saturated carbocycles. The molecule has 1 fully saturated rings. The number of nitrogens with zero attached hydrogens (tertiary/aromatic N) is 1. The standard InChI is InChI=1S/C31H35ClN2O2S/c1-23-10-5-6-14-26(23)20-34(30(35)22-37-21-25-13-9-15-27(32)18-25)29(19-24-11-3-2-4-12-24)31(36)33-28-16-7-8-17-28/h2-6,9-15,18,28-29H,7-8,16-17,19-22H2,1H3,(H,33,36)/t29-/m1/s1. The molecule has 0 spiro atoms. The molecular formula is C31H35ClN2O2S. The van der Waals surface area contributed by atoms with Crippen LogP contribution in [0.5, 0.6) is 0 Å². The summed E-state index contributed by atoms with van der Waals surface area (Å²) in [5.74, 6) is 0.887. The minimum atomic E-state index is -0.582. The zero-order valence-corrected chi connectivity index (χ0v) is 22.9. The summed E-state index contributed by atoms with van der Waals surface area (Å²) in [6.07, 6.45) is 4.77. The Morgan fingerprint density at radius 3 is 2.41 bits per heavy atom. The lowest BCUT2D eigenvalue weighted by Crippen LogP contribution is -2.52. The van der Waals surface area contributed by atoms with E-state index in [0.29, 0.717) is 29.5 Å². The number of aryl methyl sites for hydroxylation is 1. The van der Waals surface area contributed by atoms with Crippen molar-refractivity contribution >= 4 is 35.2 Å². The number of amides is 2. The Bertz CT molecular complexity index is 1180. The van der Waals surface area contributed by atoms with Crippen molar-refractivity contribution in [1.82, 2.24) is 10.2 Å². The molecule has 0 aliphatic heterocycles. The van der Waals surface area contributed by atoms with Crippen LogP contribution in [0, 0.1) is 6.92 Å². The summed E-state index contributed by atoms with van der Waals surface area (Å²) < 4.78 is 0. The SMILES string of the molecule is Cc1ccccc1CN(C(=O)CSCc1cccc(Cl)c1)[C@H](Cc1ccccc1)C(=O)NC1CCCC1. The van der Waals surface area contributed by atoms with Crippen molar-refractivity contribution in [3.63, 3.8) is 0 Å². The van der Waals surface area contributed by atoms with Crippen molar-refractivity contribution in [2.24, 2.45) is 0 Å². The second-order valence-corrected chi connectivity index (χ2v) is 11.2. The highest BCUT2D eigenvalue weighted by Gasteiger charge is 2.32. The second-order valence-electron chi connectivity index (χ2n) is 9.77. The third kappa shape index (κ3) is 8.11. The molecular weight excluding hydrogens is 500 g/mol. The first kappa shape index (κ1) is 27.3. The third-order valence-electron chi connectivity index (χ3n) is 6.96. The Balaban J connectivity index is 1.57. The molecule has 4 rings (SSSR count). The molecule has 37 heavy (non-hydrogen) atoms. The van der Waals surface area contributed by atoms with Gasteiger partial charge in [-0.1, -0.05) is 91.2 Å². The zero-order chi connectivity index (χ0) is 26.0. The first-order chi connectivity index (χ1) is 18.0. The van der Waals surface area contributed by atoms with Crippen molar-refractivity contribution in [2.75, 3.05) is 5.75 Å². The Kier molecular flexibility index (Phi) is 10.1. The van der Waals surface area contributed by atoms with E-state index in [4.69, 9.17) is 11.6 Å². The van der Waals surface area contributed by atoms with Crippen LogP contribution in [0.2, 0.25) is 5.02 Å². The lowest BCUT2D eigenvalue weighted by Gasteiger charge is -2.32. The third-order valence-corrected chi connectivity index (χ3v) is 8.18. The van der Waals surface area contributed by atoms with E-state index in [0.717, 1.165) is 47.9 Å². The van der Waals surface area contributed by atoms with E-state index in [9.17, 15) is 9.59 Å². The zero-order valence-electron chi connectivity index (χ0n) is 21.4. The van der Waals surface area contributed by atoms with Crippen molar-refractivity contribution in [1.29, 1.82) is 0 Å². The van der Waals surface area contributed by atoms with E-state index >= 15 is 0 Å². The number of benzene rings is 3. The number of carbonyl (C=O) groups excluding carboxylic acids is 2. The van der Waals surface area contributed by atoms with Crippen LogP contribution in [0.4, 0.5) is 0 Å². The van der Waals surface area contributed by atoms with Crippen LogP contribution in [0.3, 0.4) is 0 Å². The van der Waals surface area contributed by atoms with Crippen molar-refractivity contribution in [3.8, 4) is 0 Å². The number of rotatable bonds is 11. The molecule has 4 nitrogen and oxygen atoms in total. The maximum atomic E-state index is 13.8. The molecule has 3 aromatic rings. The molecule has 0 heterocycles. The molecule has 0 bridgehead atoms. The molecule has 0 saturated heterocycles. The molecule has 1 atom stereocenters. The van der Waals surface area contributed by atoms with Gasteiger partial charge in [0.25, 0.3) is 0 Å². The van der Waals surface area contributed by atoms with E-state index in [-0.39, 0.29) is 17.9 Å². The molecule has 0 unspecified atom stereocenters. The Hall–Kier alpha value is -2.76. The molecule has 3 aromatic carbocycles. The van der Waals surface area contributed by atoms with E-state index in [1.807, 2.05) is 72.8 Å². The number of carbonyl (C=O) groups is 2. The van der Waals surface area contributed by atoms with Gasteiger partial charge < -0.3 is 10.2 Å². The van der Waals surface area contributed by atoms with Crippen LogP contribution < -0.4 is 5.32 Å². The Morgan fingerprint density at radius 1 is 0.973 bits per heavy atom. The topological polar surface area (TPSA) is 49.4 Å². The van der Waals surface area contributed by atoms with Crippen molar-refractivity contribution < 1.29 is 9.59 Å². The molecule has 1 aliphatic rings. The summed E-state index contributed by atoms with van der Waals surface area (Å²) in [4.78, 5) is 29.3. The molecule has 194 valence electrons. The van der Waals surface area contributed by atoms with E-state index in [1.165, 1.54) is 0 Å². The quantitative estimate of drug-likeness (QED) is 0.302. The van der Waals surface area contributed by atoms with Gasteiger partial charge in [-0.2, -0.15) is 0 Å². The molecule has 0 aromatic heterocycles. The Morgan fingerprint density at radius 2 is 1.68 bits per heavy atom. The molecule has 0 radical (unpaired) electrons. The lowest BCUT2D eigenvalue weighted by atomic mass is 10.0. The number of hydrogen-bond donors (Lipinski definition) is 1. The second kappa shape index (κ2) is 13.7. The van der Waals surface area contributed by atoms with Gasteiger partial charge in [0.15, 0.2) is 0 Å². The van der Waals surface area contributed by atoms with Gasteiger partial charge in [0.1, 0.15) is 6.04 Å². The van der Waals surface area contributed by atoms with Crippen LogP contribution in [0.15, 0.2) is 78.9 Å². The molecule has 6 heteroatoms. The maximum Gasteiger partial charge on any atom is 0.243 e. The summed E-state index contributed by atoms with van der Waals surface area (Å²) in [6, 6.07) is 25.4. The van der Waals surface area contributed by atoms with Gasteiger partial charge in [-0.15, -0.1) is 11.8 Å². The van der Waals surface area contributed by atoms with Gasteiger partial charge in [0, 0.05) is 29.8 Å². The summed E-state index contributed by atoms with van der Waals surface area (Å²) in [7, 11) is 0. The van der Waals surface area contributed by atoms with E-state index in [1.54, 1.807) is 16.7 Å². The highest BCUT2D eigenvalue weighted by molar-refractivity contribution is 7.99. The van der Waals surface area contributed by atoms with Crippen molar-refractivity contribution in [2.45, 2.75) is 63.4 Å². The summed E-state index contributed by atoms with van der Waals surface area (Å²) in [5.41, 5.74) is 4.29. The van der Waals surface area contributed by atoms with Crippen LogP contribution >= 0.6 is 23.4 Å². The largest absolute Gasteiger partial charge is 0.352 e. The minimum absolute atomic E-state index is 0.0298. The van der Waals surface area contributed by atoms with Crippen molar-refractivity contribution in [3.05, 3.63) is 106 Å². The average molecular weight is 535 g/mol. The Labute approximate surface area is 229 Å².